The van der Waals surface area contributed by atoms with Gasteiger partial charge in [0.25, 0.3) is 5.91 Å². The molecular weight excluding hydrogens is 337 g/mol. The smallest absolute Gasteiger partial charge is 0.256 e. The lowest BCUT2D eigenvalue weighted by molar-refractivity contribution is -0.110. The van der Waals surface area contributed by atoms with Crippen molar-refractivity contribution in [2.45, 2.75) is 0 Å². The van der Waals surface area contributed by atoms with E-state index in [1.165, 1.54) is 6.08 Å². The summed E-state index contributed by atoms with van der Waals surface area (Å²) < 4.78 is 5.05. The molecule has 6 heteroatoms. The molecule has 1 N–H and O–H groups in total. The van der Waals surface area contributed by atoms with Crippen LogP contribution in [-0.4, -0.2) is 18.8 Å². The molecule has 116 valence electrons. The van der Waals surface area contributed by atoms with Gasteiger partial charge in [-0.2, -0.15) is 0 Å². The van der Waals surface area contributed by atoms with Crippen molar-refractivity contribution in [3.05, 3.63) is 63.6 Å². The zero-order chi connectivity index (χ0) is 16.6. The lowest BCUT2D eigenvalue weighted by atomic mass is 10.0. The molecule has 1 aliphatic rings. The lowest BCUT2D eigenvalue weighted by Gasteiger charge is -2.04. The van der Waals surface area contributed by atoms with Gasteiger partial charge in [-0.25, -0.2) is 0 Å². The minimum atomic E-state index is -0.406. The van der Waals surface area contributed by atoms with Crippen LogP contribution in [0.5, 0.6) is 5.75 Å². The Labute approximate surface area is 142 Å². The molecule has 4 nitrogen and oxygen atoms in total. The van der Waals surface area contributed by atoms with E-state index in [0.29, 0.717) is 32.6 Å². The predicted molar refractivity (Wildman–Crippen MR) is 90.4 cm³/mol. The zero-order valence-electron chi connectivity index (χ0n) is 12.0. The Balaban J connectivity index is 2.02. The molecule has 2 aromatic carbocycles. The molecule has 23 heavy (non-hydrogen) atoms. The van der Waals surface area contributed by atoms with Crippen LogP contribution in [0, 0.1) is 0 Å². The first kappa shape index (κ1) is 15.6. The molecule has 0 aliphatic carbocycles. The van der Waals surface area contributed by atoms with E-state index in [2.05, 4.69) is 5.32 Å². The van der Waals surface area contributed by atoms with Gasteiger partial charge in [0.2, 0.25) is 0 Å². The molecule has 0 radical (unpaired) electrons. The fourth-order valence-electron chi connectivity index (χ4n) is 2.34. The number of ether oxygens (including phenoxy) is 1. The minimum absolute atomic E-state index is 0.202. The monoisotopic (exact) mass is 347 g/mol. The first-order chi connectivity index (χ1) is 11.0. The Hall–Kier alpha value is -2.30. The Bertz CT molecular complexity index is 842. The number of nitrogens with one attached hydrogen (secondary N) is 1. The van der Waals surface area contributed by atoms with Gasteiger partial charge in [0.05, 0.1) is 28.4 Å². The number of methoxy groups -OCH3 is 1. The number of hydrogen-bond acceptors (Lipinski definition) is 3. The standard InChI is InChI=1S/C17H11Cl2NO3/c1-23-10-4-2-9(3-5-10)14(21)8-11-15-12(18)6-7-13(19)16(15)20-17(11)22/h2-8H,1H3,(H,20,22)/b11-8+. The maximum atomic E-state index is 12.4. The van der Waals surface area contributed by atoms with Gasteiger partial charge >= 0.3 is 0 Å². The summed E-state index contributed by atoms with van der Waals surface area (Å²) in [5, 5.41) is 3.37. The van der Waals surface area contributed by atoms with E-state index < -0.39 is 5.91 Å². The van der Waals surface area contributed by atoms with Crippen LogP contribution in [0.1, 0.15) is 15.9 Å². The maximum absolute atomic E-state index is 12.4. The Morgan fingerprint density at radius 1 is 1.09 bits per heavy atom. The summed E-state index contributed by atoms with van der Waals surface area (Å²) >= 11 is 12.2. The number of halogens is 2. The van der Waals surface area contributed by atoms with E-state index in [1.54, 1.807) is 43.5 Å². The van der Waals surface area contributed by atoms with Gasteiger partial charge in [-0.05, 0) is 42.5 Å². The van der Waals surface area contributed by atoms with Gasteiger partial charge < -0.3 is 10.1 Å². The van der Waals surface area contributed by atoms with Crippen LogP contribution in [0.15, 0.2) is 42.5 Å². The van der Waals surface area contributed by atoms with Crippen LogP contribution in [0.25, 0.3) is 5.57 Å². The first-order valence-electron chi connectivity index (χ1n) is 6.71. The summed E-state index contributed by atoms with van der Waals surface area (Å²) in [4.78, 5) is 24.5. The zero-order valence-corrected chi connectivity index (χ0v) is 13.5. The molecule has 0 atom stereocenters. The third kappa shape index (κ3) is 2.83. The molecule has 0 spiro atoms. The molecule has 0 fully saturated rings. The van der Waals surface area contributed by atoms with Gasteiger partial charge in [-0.3, -0.25) is 9.59 Å². The summed E-state index contributed by atoms with van der Waals surface area (Å²) in [5.41, 5.74) is 1.52. The number of carbonyl (C=O) groups is 2. The summed E-state index contributed by atoms with van der Waals surface area (Å²) in [6.45, 7) is 0. The Morgan fingerprint density at radius 2 is 1.74 bits per heavy atom. The summed E-state index contributed by atoms with van der Waals surface area (Å²) in [7, 11) is 1.55. The number of carbonyl (C=O) groups excluding carboxylic acids is 2. The maximum Gasteiger partial charge on any atom is 0.256 e. The number of rotatable bonds is 3. The fraction of sp³-hybridized carbons (Fsp3) is 0.0588. The van der Waals surface area contributed by atoms with Crippen molar-refractivity contribution in [1.82, 2.24) is 0 Å². The van der Waals surface area contributed by atoms with E-state index in [4.69, 9.17) is 27.9 Å². The van der Waals surface area contributed by atoms with Crippen LogP contribution >= 0.6 is 23.2 Å². The third-order valence-corrected chi connectivity index (χ3v) is 4.14. The first-order valence-corrected chi connectivity index (χ1v) is 7.46. The number of allylic oxidation sites excluding steroid dienone is 1. The van der Waals surface area contributed by atoms with Crippen molar-refractivity contribution >= 4 is 46.2 Å². The second kappa shape index (κ2) is 6.07. The molecule has 1 aliphatic heterocycles. The van der Waals surface area contributed by atoms with Crippen molar-refractivity contribution in [3.63, 3.8) is 0 Å². The highest BCUT2D eigenvalue weighted by atomic mass is 35.5. The molecule has 1 amide bonds. The number of amides is 1. The number of ketones is 1. The normalized spacial score (nSPS) is 14.6. The van der Waals surface area contributed by atoms with Crippen LogP contribution in [0.2, 0.25) is 10.0 Å². The SMILES string of the molecule is COc1ccc(C(=O)/C=C2/C(=O)Nc3c(Cl)ccc(Cl)c32)cc1. The van der Waals surface area contributed by atoms with E-state index in [-0.39, 0.29) is 11.4 Å². The number of anilines is 1. The summed E-state index contributed by atoms with van der Waals surface area (Å²) in [6.07, 6.45) is 1.27. The average molecular weight is 348 g/mol. The van der Waals surface area contributed by atoms with E-state index >= 15 is 0 Å². The lowest BCUT2D eigenvalue weighted by Crippen LogP contribution is -2.06. The topological polar surface area (TPSA) is 55.4 Å². The second-order valence-electron chi connectivity index (χ2n) is 4.88. The Morgan fingerprint density at radius 3 is 2.39 bits per heavy atom. The van der Waals surface area contributed by atoms with Crippen molar-refractivity contribution in [2.24, 2.45) is 0 Å². The van der Waals surface area contributed by atoms with Gasteiger partial charge in [0.15, 0.2) is 5.78 Å². The van der Waals surface area contributed by atoms with Crippen LogP contribution in [0.4, 0.5) is 5.69 Å². The quantitative estimate of drug-likeness (QED) is 0.667. The molecule has 0 unspecified atom stereocenters. The van der Waals surface area contributed by atoms with Crippen LogP contribution < -0.4 is 10.1 Å². The highest BCUT2D eigenvalue weighted by Crippen LogP contribution is 2.41. The largest absolute Gasteiger partial charge is 0.497 e. The highest BCUT2D eigenvalue weighted by Gasteiger charge is 2.29. The molecule has 3 rings (SSSR count). The number of fused-ring (bicyclic) bond motifs is 1. The Kier molecular flexibility index (Phi) is 4.11. The summed E-state index contributed by atoms with van der Waals surface area (Å²) in [5.74, 6) is -0.0634. The van der Waals surface area contributed by atoms with E-state index in [1.807, 2.05) is 0 Å². The van der Waals surface area contributed by atoms with Crippen molar-refractivity contribution in [2.75, 3.05) is 12.4 Å². The van der Waals surface area contributed by atoms with Crippen molar-refractivity contribution in [3.8, 4) is 5.75 Å². The van der Waals surface area contributed by atoms with Crippen molar-refractivity contribution in [1.29, 1.82) is 0 Å². The molecule has 0 saturated heterocycles. The van der Waals surface area contributed by atoms with Gasteiger partial charge in [-0.15, -0.1) is 0 Å². The predicted octanol–water partition coefficient (Wildman–Crippen LogP) is 4.22. The molecule has 0 saturated carbocycles. The van der Waals surface area contributed by atoms with E-state index in [0.717, 1.165) is 0 Å². The highest BCUT2D eigenvalue weighted by molar-refractivity contribution is 6.45. The molecule has 2 aromatic rings. The van der Waals surface area contributed by atoms with Crippen molar-refractivity contribution < 1.29 is 14.3 Å². The molecule has 0 bridgehead atoms. The van der Waals surface area contributed by atoms with Gasteiger partial charge in [0, 0.05) is 11.1 Å². The number of benzene rings is 2. The fourth-order valence-corrected chi connectivity index (χ4v) is 2.80. The van der Waals surface area contributed by atoms with E-state index in [9.17, 15) is 9.59 Å². The molecule has 1 heterocycles. The number of hydrogen-bond donors (Lipinski definition) is 1. The molecular formula is C17H11Cl2NO3. The van der Waals surface area contributed by atoms with Gasteiger partial charge in [0.1, 0.15) is 5.75 Å². The van der Waals surface area contributed by atoms with Crippen LogP contribution in [0.3, 0.4) is 0 Å². The average Bonchev–Trinajstić information content (AvgIpc) is 2.89. The second-order valence-corrected chi connectivity index (χ2v) is 5.70. The van der Waals surface area contributed by atoms with Gasteiger partial charge in [-0.1, -0.05) is 23.2 Å². The summed E-state index contributed by atoms with van der Waals surface area (Å²) in [6, 6.07) is 9.81. The van der Waals surface area contributed by atoms with Crippen LogP contribution in [-0.2, 0) is 4.79 Å². The molecule has 0 aromatic heterocycles. The third-order valence-electron chi connectivity index (χ3n) is 3.51. The minimum Gasteiger partial charge on any atom is -0.497 e.